The number of nitrogens with zero attached hydrogens (tertiary/aromatic N) is 3. The number of carbonyl (C=O) groups is 2. The standard InChI is InChI=1S/C29H32N4O3/c1-2-30-28(35)25-21-32(20-24-12-7-4-8-13-24)22-26(27(25)34)29(36)33-18-16-31(17-19-33)15-9-14-23-10-5-3-6-11-23/h3-14,21-22H,2,15-20H2,1H3,(H,30,35). The number of pyridine rings is 1. The van der Waals surface area contributed by atoms with E-state index in [9.17, 15) is 14.4 Å². The molecule has 1 aromatic heterocycles. The highest BCUT2D eigenvalue weighted by Crippen LogP contribution is 2.11. The second kappa shape index (κ2) is 12.1. The molecule has 1 N–H and O–H groups in total. The fraction of sp³-hybridized carbons (Fsp3) is 0.276. The van der Waals surface area contributed by atoms with Gasteiger partial charge in [-0.15, -0.1) is 0 Å². The van der Waals surface area contributed by atoms with E-state index in [-0.39, 0.29) is 17.0 Å². The lowest BCUT2D eigenvalue weighted by Gasteiger charge is -2.34. The molecule has 0 atom stereocenters. The Labute approximate surface area is 211 Å². The maximum atomic E-state index is 13.4. The van der Waals surface area contributed by atoms with Gasteiger partial charge in [-0.3, -0.25) is 19.3 Å². The third kappa shape index (κ3) is 6.37. The van der Waals surface area contributed by atoms with E-state index in [1.165, 1.54) is 6.20 Å². The first-order valence-corrected chi connectivity index (χ1v) is 12.3. The summed E-state index contributed by atoms with van der Waals surface area (Å²) in [6.45, 7) is 5.95. The van der Waals surface area contributed by atoms with Crippen LogP contribution >= 0.6 is 0 Å². The van der Waals surface area contributed by atoms with Crippen molar-refractivity contribution in [3.8, 4) is 0 Å². The molecule has 3 aromatic rings. The molecule has 2 amide bonds. The van der Waals surface area contributed by atoms with Crippen LogP contribution < -0.4 is 10.7 Å². The lowest BCUT2D eigenvalue weighted by atomic mass is 10.1. The Hall–Kier alpha value is -3.97. The highest BCUT2D eigenvalue weighted by molar-refractivity contribution is 5.99. The Morgan fingerprint density at radius 1 is 0.889 bits per heavy atom. The highest BCUT2D eigenvalue weighted by atomic mass is 16.2. The molecule has 1 saturated heterocycles. The van der Waals surface area contributed by atoms with Gasteiger partial charge < -0.3 is 14.8 Å². The smallest absolute Gasteiger partial charge is 0.259 e. The first-order valence-electron chi connectivity index (χ1n) is 12.3. The molecule has 0 aliphatic carbocycles. The van der Waals surface area contributed by atoms with E-state index in [1.807, 2.05) is 48.5 Å². The maximum absolute atomic E-state index is 13.4. The number of carbonyl (C=O) groups excluding carboxylic acids is 2. The average molecular weight is 485 g/mol. The van der Waals surface area contributed by atoms with Gasteiger partial charge in [-0.1, -0.05) is 72.8 Å². The van der Waals surface area contributed by atoms with Crippen LogP contribution in [0.2, 0.25) is 0 Å². The van der Waals surface area contributed by atoms with Crippen LogP contribution in [-0.4, -0.2) is 65.4 Å². The van der Waals surface area contributed by atoms with Crippen LogP contribution in [0.25, 0.3) is 6.08 Å². The van der Waals surface area contributed by atoms with Crippen LogP contribution in [-0.2, 0) is 6.54 Å². The van der Waals surface area contributed by atoms with Gasteiger partial charge in [0.15, 0.2) is 0 Å². The molecule has 0 radical (unpaired) electrons. The molecule has 7 nitrogen and oxygen atoms in total. The number of piperazine rings is 1. The summed E-state index contributed by atoms with van der Waals surface area (Å²) in [7, 11) is 0. The first kappa shape index (κ1) is 25.1. The van der Waals surface area contributed by atoms with Crippen molar-refractivity contribution in [2.24, 2.45) is 0 Å². The Morgan fingerprint density at radius 3 is 2.19 bits per heavy atom. The minimum atomic E-state index is -0.525. The first-order chi connectivity index (χ1) is 17.5. The van der Waals surface area contributed by atoms with Crippen molar-refractivity contribution in [2.75, 3.05) is 39.3 Å². The third-order valence-electron chi connectivity index (χ3n) is 6.23. The van der Waals surface area contributed by atoms with Gasteiger partial charge >= 0.3 is 0 Å². The van der Waals surface area contributed by atoms with Crippen molar-refractivity contribution in [3.05, 3.63) is 112 Å². The van der Waals surface area contributed by atoms with E-state index >= 15 is 0 Å². The molecule has 4 rings (SSSR count). The van der Waals surface area contributed by atoms with Crippen molar-refractivity contribution in [3.63, 3.8) is 0 Å². The van der Waals surface area contributed by atoms with Crippen LogP contribution in [0, 0.1) is 0 Å². The van der Waals surface area contributed by atoms with E-state index in [2.05, 4.69) is 34.5 Å². The highest BCUT2D eigenvalue weighted by Gasteiger charge is 2.26. The van der Waals surface area contributed by atoms with Gasteiger partial charge in [0.25, 0.3) is 11.8 Å². The minimum Gasteiger partial charge on any atom is -0.352 e. The predicted molar refractivity (Wildman–Crippen MR) is 142 cm³/mol. The van der Waals surface area contributed by atoms with Gasteiger partial charge in [0, 0.05) is 58.2 Å². The number of hydrogen-bond donors (Lipinski definition) is 1. The van der Waals surface area contributed by atoms with Crippen LogP contribution in [0.1, 0.15) is 38.8 Å². The Bertz CT molecular complexity index is 1260. The third-order valence-corrected chi connectivity index (χ3v) is 6.23. The molecular weight excluding hydrogens is 452 g/mol. The Morgan fingerprint density at radius 2 is 1.53 bits per heavy atom. The molecule has 0 unspecified atom stereocenters. The molecule has 0 spiro atoms. The zero-order valence-corrected chi connectivity index (χ0v) is 20.6. The molecule has 0 bridgehead atoms. The zero-order valence-electron chi connectivity index (χ0n) is 20.6. The zero-order chi connectivity index (χ0) is 25.3. The molecule has 1 aliphatic rings. The SMILES string of the molecule is CCNC(=O)c1cn(Cc2ccccc2)cc(C(=O)N2CCN(CC=Cc3ccccc3)CC2)c1=O. The summed E-state index contributed by atoms with van der Waals surface area (Å²) in [6.07, 6.45) is 7.34. The number of hydrogen-bond acceptors (Lipinski definition) is 4. The number of aromatic nitrogens is 1. The van der Waals surface area contributed by atoms with Crippen molar-refractivity contribution < 1.29 is 9.59 Å². The van der Waals surface area contributed by atoms with Gasteiger partial charge in [-0.25, -0.2) is 0 Å². The fourth-order valence-electron chi connectivity index (χ4n) is 4.29. The van der Waals surface area contributed by atoms with E-state index < -0.39 is 11.3 Å². The second-order valence-electron chi connectivity index (χ2n) is 8.84. The lowest BCUT2D eigenvalue weighted by molar-refractivity contribution is 0.0648. The number of rotatable bonds is 8. The van der Waals surface area contributed by atoms with E-state index in [0.29, 0.717) is 26.2 Å². The van der Waals surface area contributed by atoms with Crippen LogP contribution in [0.15, 0.2) is 83.9 Å². The average Bonchev–Trinajstić information content (AvgIpc) is 2.91. The molecule has 1 fully saturated rings. The summed E-state index contributed by atoms with van der Waals surface area (Å²) in [4.78, 5) is 43.2. The molecule has 2 aromatic carbocycles. The van der Waals surface area contributed by atoms with E-state index in [1.54, 1.807) is 22.6 Å². The van der Waals surface area contributed by atoms with E-state index in [4.69, 9.17) is 0 Å². The van der Waals surface area contributed by atoms with Gasteiger partial charge in [0.2, 0.25) is 5.43 Å². The summed E-state index contributed by atoms with van der Waals surface area (Å²) in [5, 5.41) is 2.69. The van der Waals surface area contributed by atoms with Gasteiger partial charge in [0.05, 0.1) is 0 Å². The number of nitrogens with one attached hydrogen (secondary N) is 1. The van der Waals surface area contributed by atoms with Crippen molar-refractivity contribution in [2.45, 2.75) is 13.5 Å². The summed E-state index contributed by atoms with van der Waals surface area (Å²) >= 11 is 0. The Balaban J connectivity index is 1.47. The van der Waals surface area contributed by atoms with Crippen molar-refractivity contribution >= 4 is 17.9 Å². The minimum absolute atomic E-state index is 0.0108. The summed E-state index contributed by atoms with van der Waals surface area (Å²) in [5.41, 5.74) is 1.67. The lowest BCUT2D eigenvalue weighted by Crippen LogP contribution is -2.49. The summed E-state index contributed by atoms with van der Waals surface area (Å²) < 4.78 is 1.75. The largest absolute Gasteiger partial charge is 0.352 e. The van der Waals surface area contributed by atoms with Crippen LogP contribution in [0.3, 0.4) is 0 Å². The molecule has 1 aliphatic heterocycles. The van der Waals surface area contributed by atoms with E-state index in [0.717, 1.165) is 30.8 Å². The Kier molecular flexibility index (Phi) is 8.47. The second-order valence-corrected chi connectivity index (χ2v) is 8.84. The molecule has 7 heteroatoms. The topological polar surface area (TPSA) is 74.7 Å². The van der Waals surface area contributed by atoms with Crippen molar-refractivity contribution in [1.82, 2.24) is 19.7 Å². The molecule has 186 valence electrons. The van der Waals surface area contributed by atoms with Gasteiger partial charge in [0.1, 0.15) is 11.1 Å². The van der Waals surface area contributed by atoms with Crippen LogP contribution in [0.5, 0.6) is 0 Å². The predicted octanol–water partition coefficient (Wildman–Crippen LogP) is 3.12. The maximum Gasteiger partial charge on any atom is 0.259 e. The molecular formula is C29H32N4O3. The normalized spacial score (nSPS) is 14.2. The van der Waals surface area contributed by atoms with Gasteiger partial charge in [-0.05, 0) is 18.1 Å². The number of amides is 2. The molecule has 36 heavy (non-hydrogen) atoms. The number of benzene rings is 2. The van der Waals surface area contributed by atoms with Crippen LogP contribution in [0.4, 0.5) is 0 Å². The molecule has 2 heterocycles. The van der Waals surface area contributed by atoms with Crippen molar-refractivity contribution in [1.29, 1.82) is 0 Å². The quantitative estimate of drug-likeness (QED) is 0.533. The summed E-state index contributed by atoms with van der Waals surface area (Å²) in [5.74, 6) is -0.790. The monoisotopic (exact) mass is 484 g/mol. The fourth-order valence-corrected chi connectivity index (χ4v) is 4.29. The van der Waals surface area contributed by atoms with Gasteiger partial charge in [-0.2, -0.15) is 0 Å². The molecule has 0 saturated carbocycles. The summed E-state index contributed by atoms with van der Waals surface area (Å²) in [6, 6.07) is 19.9.